The second-order valence-corrected chi connectivity index (χ2v) is 4.31. The summed E-state index contributed by atoms with van der Waals surface area (Å²) in [5.41, 5.74) is 2.13. The van der Waals surface area contributed by atoms with Crippen LogP contribution >= 0.6 is 0 Å². The molecule has 96 valence electrons. The molecule has 5 nitrogen and oxygen atoms in total. The van der Waals surface area contributed by atoms with E-state index >= 15 is 0 Å². The van der Waals surface area contributed by atoms with E-state index in [0.29, 0.717) is 6.54 Å². The number of nitrogens with one attached hydrogen (secondary N) is 2. The van der Waals surface area contributed by atoms with E-state index in [-0.39, 0.29) is 11.9 Å². The Morgan fingerprint density at radius 1 is 1.33 bits per heavy atom. The van der Waals surface area contributed by atoms with Gasteiger partial charge in [0.1, 0.15) is 6.04 Å². The van der Waals surface area contributed by atoms with Crippen LogP contribution in [-0.2, 0) is 11.2 Å². The van der Waals surface area contributed by atoms with Crippen LogP contribution in [0, 0.1) is 0 Å². The summed E-state index contributed by atoms with van der Waals surface area (Å²) in [6, 6.07) is 6.98. The maximum absolute atomic E-state index is 12.2. The standard InChI is InChI=1S/C13H17N3O2/c1-9(15-13(18)14-2)12(17)16-8-7-10-5-3-4-6-11(10)16/h3-6,9H,7-8H2,1-2H3,(H2,14,15,18)/t9-/m1/s1. The molecule has 0 unspecified atom stereocenters. The van der Waals surface area contributed by atoms with Crippen molar-refractivity contribution in [1.82, 2.24) is 10.6 Å². The van der Waals surface area contributed by atoms with Crippen molar-refractivity contribution in [1.29, 1.82) is 0 Å². The topological polar surface area (TPSA) is 61.4 Å². The third-order valence-electron chi connectivity index (χ3n) is 3.10. The lowest BCUT2D eigenvalue weighted by atomic mass is 10.2. The van der Waals surface area contributed by atoms with E-state index in [1.54, 1.807) is 11.8 Å². The molecule has 18 heavy (non-hydrogen) atoms. The summed E-state index contributed by atoms with van der Waals surface area (Å²) in [5.74, 6) is -0.0800. The molecule has 0 spiro atoms. The first-order chi connectivity index (χ1) is 8.63. The highest BCUT2D eigenvalue weighted by Gasteiger charge is 2.28. The highest BCUT2D eigenvalue weighted by Crippen LogP contribution is 2.27. The number of fused-ring (bicyclic) bond motifs is 1. The zero-order valence-corrected chi connectivity index (χ0v) is 10.6. The van der Waals surface area contributed by atoms with E-state index in [1.165, 1.54) is 12.6 Å². The van der Waals surface area contributed by atoms with Crippen molar-refractivity contribution in [3.63, 3.8) is 0 Å². The van der Waals surface area contributed by atoms with Crippen LogP contribution < -0.4 is 15.5 Å². The molecule has 1 aromatic carbocycles. The lowest BCUT2D eigenvalue weighted by Gasteiger charge is -2.22. The minimum Gasteiger partial charge on any atom is -0.341 e. The second kappa shape index (κ2) is 5.08. The van der Waals surface area contributed by atoms with Gasteiger partial charge in [-0.25, -0.2) is 4.79 Å². The van der Waals surface area contributed by atoms with Gasteiger partial charge in [-0.1, -0.05) is 18.2 Å². The van der Waals surface area contributed by atoms with Crippen molar-refractivity contribution < 1.29 is 9.59 Å². The van der Waals surface area contributed by atoms with E-state index < -0.39 is 6.04 Å². The van der Waals surface area contributed by atoms with Crippen LogP contribution in [0.2, 0.25) is 0 Å². The number of para-hydroxylation sites is 1. The predicted octanol–water partition coefficient (Wildman–Crippen LogP) is 0.893. The molecule has 0 fully saturated rings. The number of benzene rings is 1. The number of nitrogens with zero attached hydrogens (tertiary/aromatic N) is 1. The summed E-state index contributed by atoms with van der Waals surface area (Å²) >= 11 is 0. The molecular formula is C13H17N3O2. The zero-order chi connectivity index (χ0) is 13.1. The molecule has 0 radical (unpaired) electrons. The first kappa shape index (κ1) is 12.4. The Hall–Kier alpha value is -2.04. The Labute approximate surface area is 106 Å². The maximum Gasteiger partial charge on any atom is 0.315 e. The van der Waals surface area contributed by atoms with Crippen LogP contribution in [0.1, 0.15) is 12.5 Å². The van der Waals surface area contributed by atoms with Gasteiger partial charge in [-0.2, -0.15) is 0 Å². The van der Waals surface area contributed by atoms with Crippen molar-refractivity contribution in [2.45, 2.75) is 19.4 Å². The molecule has 0 saturated carbocycles. The molecule has 1 aromatic rings. The van der Waals surface area contributed by atoms with Crippen LogP contribution in [0.25, 0.3) is 0 Å². The van der Waals surface area contributed by atoms with Gasteiger partial charge in [0, 0.05) is 19.3 Å². The highest BCUT2D eigenvalue weighted by molar-refractivity contribution is 6.00. The quantitative estimate of drug-likeness (QED) is 0.815. The Balaban J connectivity index is 2.09. The second-order valence-electron chi connectivity index (χ2n) is 4.31. The molecule has 1 aliphatic heterocycles. The molecule has 2 N–H and O–H groups in total. The number of carbonyl (C=O) groups is 2. The monoisotopic (exact) mass is 247 g/mol. The molecule has 0 saturated heterocycles. The van der Waals surface area contributed by atoms with Crippen molar-refractivity contribution >= 4 is 17.6 Å². The molecule has 5 heteroatoms. The average molecular weight is 247 g/mol. The van der Waals surface area contributed by atoms with Crippen LogP contribution in [0.4, 0.5) is 10.5 Å². The van der Waals surface area contributed by atoms with E-state index in [1.807, 2.05) is 24.3 Å². The Kier molecular flexibility index (Phi) is 3.50. The fourth-order valence-electron chi connectivity index (χ4n) is 2.13. The van der Waals surface area contributed by atoms with E-state index in [0.717, 1.165) is 12.1 Å². The van der Waals surface area contributed by atoms with E-state index in [4.69, 9.17) is 0 Å². The lowest BCUT2D eigenvalue weighted by Crippen LogP contribution is -2.49. The third-order valence-corrected chi connectivity index (χ3v) is 3.10. The molecule has 1 aliphatic rings. The fourth-order valence-corrected chi connectivity index (χ4v) is 2.13. The van der Waals surface area contributed by atoms with Gasteiger partial charge in [0.2, 0.25) is 5.91 Å². The molecule has 0 bridgehead atoms. The summed E-state index contributed by atoms with van der Waals surface area (Å²) in [5, 5.41) is 5.04. The first-order valence-corrected chi connectivity index (χ1v) is 6.01. The van der Waals surface area contributed by atoms with Crippen LogP contribution in [-0.4, -0.2) is 31.6 Å². The van der Waals surface area contributed by atoms with Gasteiger partial charge < -0.3 is 15.5 Å². The molecule has 3 amide bonds. The number of hydrogen-bond acceptors (Lipinski definition) is 2. The lowest BCUT2D eigenvalue weighted by molar-refractivity contribution is -0.119. The van der Waals surface area contributed by atoms with E-state index in [2.05, 4.69) is 10.6 Å². The summed E-state index contributed by atoms with van der Waals surface area (Å²) in [6.07, 6.45) is 0.870. The van der Waals surface area contributed by atoms with Gasteiger partial charge in [0.15, 0.2) is 0 Å². The normalized spacial score (nSPS) is 14.9. The molecular weight excluding hydrogens is 230 g/mol. The number of rotatable bonds is 2. The largest absolute Gasteiger partial charge is 0.341 e. The SMILES string of the molecule is CNC(=O)N[C@H](C)C(=O)N1CCc2ccccc21. The Morgan fingerprint density at radius 3 is 2.78 bits per heavy atom. The van der Waals surface area contributed by atoms with Gasteiger partial charge in [-0.15, -0.1) is 0 Å². The Morgan fingerprint density at radius 2 is 2.06 bits per heavy atom. The van der Waals surface area contributed by atoms with Crippen molar-refractivity contribution in [2.75, 3.05) is 18.5 Å². The van der Waals surface area contributed by atoms with Gasteiger partial charge in [0.25, 0.3) is 0 Å². The van der Waals surface area contributed by atoms with Crippen LogP contribution in [0.3, 0.4) is 0 Å². The van der Waals surface area contributed by atoms with Gasteiger partial charge in [-0.3, -0.25) is 4.79 Å². The number of hydrogen-bond donors (Lipinski definition) is 2. The fraction of sp³-hybridized carbons (Fsp3) is 0.385. The molecule has 1 atom stereocenters. The summed E-state index contributed by atoms with van der Waals surface area (Å²) < 4.78 is 0. The smallest absolute Gasteiger partial charge is 0.315 e. The number of urea groups is 1. The summed E-state index contributed by atoms with van der Waals surface area (Å²) in [6.45, 7) is 2.37. The third kappa shape index (κ3) is 2.30. The number of carbonyl (C=O) groups excluding carboxylic acids is 2. The van der Waals surface area contributed by atoms with Crippen molar-refractivity contribution in [3.05, 3.63) is 29.8 Å². The highest BCUT2D eigenvalue weighted by atomic mass is 16.2. The predicted molar refractivity (Wildman–Crippen MR) is 69.6 cm³/mol. The molecule has 0 aliphatic carbocycles. The van der Waals surface area contributed by atoms with Crippen LogP contribution in [0.5, 0.6) is 0 Å². The van der Waals surface area contributed by atoms with Crippen molar-refractivity contribution in [3.8, 4) is 0 Å². The molecule has 1 heterocycles. The maximum atomic E-state index is 12.2. The first-order valence-electron chi connectivity index (χ1n) is 6.01. The van der Waals surface area contributed by atoms with Crippen LogP contribution in [0.15, 0.2) is 24.3 Å². The summed E-state index contributed by atoms with van der Waals surface area (Å²) in [4.78, 5) is 25.2. The van der Waals surface area contributed by atoms with Crippen molar-refractivity contribution in [2.24, 2.45) is 0 Å². The number of amides is 3. The number of anilines is 1. The minimum atomic E-state index is -0.531. The molecule has 0 aromatic heterocycles. The average Bonchev–Trinajstić information content (AvgIpc) is 2.81. The zero-order valence-electron chi connectivity index (χ0n) is 10.6. The van der Waals surface area contributed by atoms with Gasteiger partial charge in [-0.05, 0) is 25.0 Å². The molecule has 2 rings (SSSR count). The minimum absolute atomic E-state index is 0.0800. The summed E-state index contributed by atoms with van der Waals surface area (Å²) in [7, 11) is 1.53. The van der Waals surface area contributed by atoms with Gasteiger partial charge >= 0.3 is 6.03 Å². The van der Waals surface area contributed by atoms with Gasteiger partial charge in [0.05, 0.1) is 0 Å². The van der Waals surface area contributed by atoms with E-state index in [9.17, 15) is 9.59 Å². The Bertz CT molecular complexity index is 473.